The Morgan fingerprint density at radius 2 is 2.13 bits per heavy atom. The van der Waals surface area contributed by atoms with Crippen LogP contribution in [-0.4, -0.2) is 18.2 Å². The smallest absolute Gasteiger partial charge is 0.0992 e. The Hall–Kier alpha value is -0.570. The Balaban J connectivity index is 2.89. The van der Waals surface area contributed by atoms with Gasteiger partial charge in [0.05, 0.1) is 5.60 Å². The molecule has 0 bridgehead atoms. The van der Waals surface area contributed by atoms with Crippen molar-refractivity contribution in [1.29, 1.82) is 0 Å². The van der Waals surface area contributed by atoms with Crippen molar-refractivity contribution in [3.63, 3.8) is 0 Å². The molecule has 0 fully saturated rings. The number of nitrogens with one attached hydrogen (secondary N) is 1. The van der Waals surface area contributed by atoms with Gasteiger partial charge in [-0.15, -0.1) is 0 Å². The van der Waals surface area contributed by atoms with E-state index in [-0.39, 0.29) is 0 Å². The van der Waals surface area contributed by atoms with Gasteiger partial charge in [0.1, 0.15) is 0 Å². The van der Waals surface area contributed by atoms with E-state index < -0.39 is 5.60 Å². The Morgan fingerprint density at radius 3 is 2.67 bits per heavy atom. The first kappa shape index (κ1) is 12.5. The van der Waals surface area contributed by atoms with Crippen LogP contribution >= 0.6 is 11.6 Å². The monoisotopic (exact) mass is 227 g/mol. The van der Waals surface area contributed by atoms with Gasteiger partial charge >= 0.3 is 0 Å². The Kier molecular flexibility index (Phi) is 4.14. The summed E-state index contributed by atoms with van der Waals surface area (Å²) in [7, 11) is 0. The molecule has 0 radical (unpaired) electrons. The van der Waals surface area contributed by atoms with E-state index in [1.165, 1.54) is 0 Å². The molecule has 0 aliphatic rings. The Labute approximate surface area is 96.3 Å². The fourth-order valence-corrected chi connectivity index (χ4v) is 1.58. The summed E-state index contributed by atoms with van der Waals surface area (Å²) in [4.78, 5) is 0. The maximum absolute atomic E-state index is 10.2. The predicted octanol–water partition coefficient (Wildman–Crippen LogP) is 2.47. The molecule has 0 saturated carbocycles. The standard InChI is InChI=1S/C12H18ClNO/c1-4-14-8-12(3,15)10-6-5-9(2)11(13)7-10/h5-7,14-15H,4,8H2,1-3H3. The molecule has 1 aromatic carbocycles. The van der Waals surface area contributed by atoms with Crippen LogP contribution < -0.4 is 5.32 Å². The summed E-state index contributed by atoms with van der Waals surface area (Å²) in [6.45, 7) is 7.12. The normalized spacial score (nSPS) is 15.0. The molecular weight excluding hydrogens is 210 g/mol. The van der Waals surface area contributed by atoms with Gasteiger partial charge in [0.25, 0.3) is 0 Å². The fourth-order valence-electron chi connectivity index (χ4n) is 1.40. The maximum atomic E-state index is 10.2. The molecule has 84 valence electrons. The Bertz CT molecular complexity index is 336. The number of hydrogen-bond donors (Lipinski definition) is 2. The van der Waals surface area contributed by atoms with Gasteiger partial charge in [-0.1, -0.05) is 30.7 Å². The van der Waals surface area contributed by atoms with Crippen LogP contribution in [0, 0.1) is 6.92 Å². The first-order chi connectivity index (χ1) is 6.97. The lowest BCUT2D eigenvalue weighted by Gasteiger charge is -2.24. The molecule has 1 unspecified atom stereocenters. The summed E-state index contributed by atoms with van der Waals surface area (Å²) in [6.07, 6.45) is 0. The second kappa shape index (κ2) is 4.97. The van der Waals surface area contributed by atoms with E-state index in [2.05, 4.69) is 5.32 Å². The van der Waals surface area contributed by atoms with Crippen LogP contribution in [0.2, 0.25) is 5.02 Å². The molecule has 0 spiro atoms. The highest BCUT2D eigenvalue weighted by molar-refractivity contribution is 6.31. The topological polar surface area (TPSA) is 32.3 Å². The first-order valence-electron chi connectivity index (χ1n) is 5.17. The molecule has 0 aromatic heterocycles. The molecule has 1 atom stereocenters. The molecule has 1 rings (SSSR count). The van der Waals surface area contributed by atoms with Crippen LogP contribution in [0.1, 0.15) is 25.0 Å². The highest BCUT2D eigenvalue weighted by Gasteiger charge is 2.22. The number of benzene rings is 1. The highest BCUT2D eigenvalue weighted by atomic mass is 35.5. The zero-order valence-corrected chi connectivity index (χ0v) is 10.2. The molecule has 0 aliphatic heterocycles. The minimum absolute atomic E-state index is 0.531. The number of hydrogen-bond acceptors (Lipinski definition) is 2. The zero-order chi connectivity index (χ0) is 11.5. The van der Waals surface area contributed by atoms with Crippen molar-refractivity contribution in [2.75, 3.05) is 13.1 Å². The van der Waals surface area contributed by atoms with Gasteiger partial charge in [-0.3, -0.25) is 0 Å². The van der Waals surface area contributed by atoms with Gasteiger partial charge < -0.3 is 10.4 Å². The van der Waals surface area contributed by atoms with Crippen LogP contribution in [0.15, 0.2) is 18.2 Å². The van der Waals surface area contributed by atoms with E-state index in [9.17, 15) is 5.11 Å². The minimum atomic E-state index is -0.868. The summed E-state index contributed by atoms with van der Waals surface area (Å²) in [6, 6.07) is 5.67. The summed E-state index contributed by atoms with van der Waals surface area (Å²) >= 11 is 6.02. The lowest BCUT2D eigenvalue weighted by Crippen LogP contribution is -2.35. The van der Waals surface area contributed by atoms with Crippen LogP contribution in [0.25, 0.3) is 0 Å². The zero-order valence-electron chi connectivity index (χ0n) is 9.47. The molecule has 0 amide bonds. The number of rotatable bonds is 4. The van der Waals surface area contributed by atoms with Gasteiger partial charge in [-0.05, 0) is 37.6 Å². The van der Waals surface area contributed by atoms with Crippen LogP contribution in [0.5, 0.6) is 0 Å². The van der Waals surface area contributed by atoms with Crippen LogP contribution in [0.4, 0.5) is 0 Å². The van der Waals surface area contributed by atoms with Crippen molar-refractivity contribution >= 4 is 11.6 Å². The third-order valence-corrected chi connectivity index (χ3v) is 2.92. The van der Waals surface area contributed by atoms with Gasteiger partial charge in [-0.2, -0.15) is 0 Å². The van der Waals surface area contributed by atoms with E-state index in [4.69, 9.17) is 11.6 Å². The van der Waals surface area contributed by atoms with Gasteiger partial charge in [0.15, 0.2) is 0 Å². The van der Waals surface area contributed by atoms with Crippen molar-refractivity contribution in [3.8, 4) is 0 Å². The van der Waals surface area contributed by atoms with Crippen LogP contribution in [-0.2, 0) is 5.60 Å². The van der Waals surface area contributed by atoms with Crippen molar-refractivity contribution in [1.82, 2.24) is 5.32 Å². The van der Waals surface area contributed by atoms with E-state index in [0.29, 0.717) is 11.6 Å². The third kappa shape index (κ3) is 3.20. The van der Waals surface area contributed by atoms with Crippen molar-refractivity contribution in [3.05, 3.63) is 34.3 Å². The summed E-state index contributed by atoms with van der Waals surface area (Å²) in [5.41, 5.74) is 1.01. The second-order valence-electron chi connectivity index (χ2n) is 4.02. The molecule has 0 heterocycles. The summed E-state index contributed by atoms with van der Waals surface area (Å²) in [5, 5.41) is 14.0. The first-order valence-corrected chi connectivity index (χ1v) is 5.55. The van der Waals surface area contributed by atoms with Crippen LogP contribution in [0.3, 0.4) is 0 Å². The summed E-state index contributed by atoms with van der Waals surface area (Å²) < 4.78 is 0. The molecule has 3 heteroatoms. The fraction of sp³-hybridized carbons (Fsp3) is 0.500. The number of halogens is 1. The van der Waals surface area contributed by atoms with Gasteiger partial charge in [-0.25, -0.2) is 0 Å². The highest BCUT2D eigenvalue weighted by Crippen LogP contribution is 2.25. The maximum Gasteiger partial charge on any atom is 0.0992 e. The molecule has 1 aromatic rings. The van der Waals surface area contributed by atoms with E-state index in [1.54, 1.807) is 6.92 Å². The average molecular weight is 228 g/mol. The molecule has 15 heavy (non-hydrogen) atoms. The van der Waals surface area contributed by atoms with Crippen molar-refractivity contribution < 1.29 is 5.11 Å². The molecular formula is C12H18ClNO. The predicted molar refractivity (Wildman–Crippen MR) is 64.3 cm³/mol. The van der Waals surface area contributed by atoms with Crippen molar-refractivity contribution in [2.45, 2.75) is 26.4 Å². The molecule has 0 saturated heterocycles. The van der Waals surface area contributed by atoms with Gasteiger partial charge in [0, 0.05) is 11.6 Å². The molecule has 0 aliphatic carbocycles. The lowest BCUT2D eigenvalue weighted by atomic mass is 9.95. The summed E-state index contributed by atoms with van der Waals surface area (Å²) in [5.74, 6) is 0. The number of aryl methyl sites for hydroxylation is 1. The Morgan fingerprint density at radius 1 is 1.47 bits per heavy atom. The average Bonchev–Trinajstić information content (AvgIpc) is 2.19. The van der Waals surface area contributed by atoms with Gasteiger partial charge in [0.2, 0.25) is 0 Å². The van der Waals surface area contributed by atoms with E-state index in [0.717, 1.165) is 17.7 Å². The van der Waals surface area contributed by atoms with Crippen molar-refractivity contribution in [2.24, 2.45) is 0 Å². The molecule has 2 N–H and O–H groups in total. The quantitative estimate of drug-likeness (QED) is 0.829. The number of aliphatic hydroxyl groups is 1. The lowest BCUT2D eigenvalue weighted by molar-refractivity contribution is 0.0576. The molecule has 2 nitrogen and oxygen atoms in total. The third-order valence-electron chi connectivity index (χ3n) is 2.51. The SMILES string of the molecule is CCNCC(C)(O)c1ccc(C)c(Cl)c1. The minimum Gasteiger partial charge on any atom is -0.384 e. The van der Waals surface area contributed by atoms with E-state index >= 15 is 0 Å². The number of likely N-dealkylation sites (N-methyl/N-ethyl adjacent to an activating group) is 1. The largest absolute Gasteiger partial charge is 0.384 e. The second-order valence-corrected chi connectivity index (χ2v) is 4.43. The van der Waals surface area contributed by atoms with E-state index in [1.807, 2.05) is 32.0 Å².